The maximum Gasteiger partial charge on any atom is 0.0794 e. The Morgan fingerprint density at radius 3 is 2.93 bits per heavy atom. The van der Waals surface area contributed by atoms with Gasteiger partial charge in [0, 0.05) is 19.1 Å². The van der Waals surface area contributed by atoms with Crippen LogP contribution in [0, 0.1) is 0 Å². The predicted octanol–water partition coefficient (Wildman–Crippen LogP) is 2.98. The smallest absolute Gasteiger partial charge is 0.0794 e. The minimum atomic E-state index is 0.496. The van der Waals surface area contributed by atoms with Gasteiger partial charge in [-0.2, -0.15) is 0 Å². The molecule has 0 amide bonds. The van der Waals surface area contributed by atoms with Gasteiger partial charge in [-0.25, -0.2) is 0 Å². The first-order valence-electron chi connectivity index (χ1n) is 4.99. The van der Waals surface area contributed by atoms with Crippen LogP contribution in [0.4, 0.5) is 11.4 Å². The number of rotatable bonds is 1. The number of anilines is 2. The summed E-state index contributed by atoms with van der Waals surface area (Å²) in [4.78, 5) is 2.34. The summed E-state index contributed by atoms with van der Waals surface area (Å²) in [5.74, 6) is 0. The highest BCUT2D eigenvalue weighted by molar-refractivity contribution is 6.34. The van der Waals surface area contributed by atoms with Crippen LogP contribution in [0.3, 0.4) is 0 Å². The molecule has 0 bridgehead atoms. The third kappa shape index (κ3) is 1.55. The number of hydrogen-bond donors (Lipinski definition) is 1. The lowest BCUT2D eigenvalue weighted by molar-refractivity contribution is 0.681. The van der Waals surface area contributed by atoms with E-state index >= 15 is 0 Å². The van der Waals surface area contributed by atoms with Crippen LogP contribution >= 0.6 is 11.6 Å². The predicted molar refractivity (Wildman–Crippen MR) is 62.4 cm³/mol. The van der Waals surface area contributed by atoms with E-state index in [0.29, 0.717) is 6.04 Å². The monoisotopic (exact) mass is 210 g/mol. The molecule has 0 aromatic heterocycles. The molecule has 0 fully saturated rings. The maximum atomic E-state index is 6.20. The Morgan fingerprint density at radius 1 is 1.43 bits per heavy atom. The Balaban J connectivity index is 2.47. The quantitative estimate of drug-likeness (QED) is 0.767. The van der Waals surface area contributed by atoms with Crippen LogP contribution in [-0.2, 0) is 0 Å². The number of nitrogens with one attached hydrogen (secondary N) is 1. The summed E-state index contributed by atoms with van der Waals surface area (Å²) in [6.07, 6.45) is 0. The molecule has 1 aliphatic heterocycles. The van der Waals surface area contributed by atoms with Crippen LogP contribution in [0.25, 0.3) is 0 Å². The SMILES string of the molecule is CC(C)N1CCNc2cccc(Cl)c21. The van der Waals surface area contributed by atoms with Crippen LogP contribution in [-0.4, -0.2) is 19.1 Å². The Kier molecular flexibility index (Phi) is 2.55. The van der Waals surface area contributed by atoms with Gasteiger partial charge in [-0.1, -0.05) is 17.7 Å². The molecule has 0 saturated heterocycles. The first-order valence-corrected chi connectivity index (χ1v) is 5.37. The van der Waals surface area contributed by atoms with Crippen molar-refractivity contribution in [2.75, 3.05) is 23.3 Å². The lowest BCUT2D eigenvalue weighted by atomic mass is 10.1. The number of benzene rings is 1. The average Bonchev–Trinajstić information content (AvgIpc) is 2.17. The van der Waals surface area contributed by atoms with Crippen molar-refractivity contribution in [1.29, 1.82) is 0 Å². The molecule has 2 nitrogen and oxygen atoms in total. The Morgan fingerprint density at radius 2 is 2.21 bits per heavy atom. The third-order valence-corrected chi connectivity index (χ3v) is 2.87. The third-order valence-electron chi connectivity index (χ3n) is 2.57. The molecule has 3 heteroatoms. The lowest BCUT2D eigenvalue weighted by Crippen LogP contribution is -2.39. The van der Waals surface area contributed by atoms with Gasteiger partial charge in [-0.15, -0.1) is 0 Å². The van der Waals surface area contributed by atoms with Crippen LogP contribution in [0.5, 0.6) is 0 Å². The highest BCUT2D eigenvalue weighted by atomic mass is 35.5. The minimum Gasteiger partial charge on any atom is -0.382 e. The van der Waals surface area contributed by atoms with Crippen molar-refractivity contribution in [3.63, 3.8) is 0 Å². The topological polar surface area (TPSA) is 15.3 Å². The van der Waals surface area contributed by atoms with E-state index in [0.717, 1.165) is 29.5 Å². The van der Waals surface area contributed by atoms with Gasteiger partial charge in [0.1, 0.15) is 0 Å². The van der Waals surface area contributed by atoms with Gasteiger partial charge in [0.15, 0.2) is 0 Å². The van der Waals surface area contributed by atoms with Crippen molar-refractivity contribution in [2.45, 2.75) is 19.9 Å². The van der Waals surface area contributed by atoms with E-state index in [1.165, 1.54) is 0 Å². The normalized spacial score (nSPS) is 15.3. The zero-order chi connectivity index (χ0) is 10.1. The molecule has 1 aromatic rings. The number of nitrogens with zero attached hydrogens (tertiary/aromatic N) is 1. The van der Waals surface area contributed by atoms with Crippen LogP contribution in [0.15, 0.2) is 18.2 Å². The van der Waals surface area contributed by atoms with E-state index < -0.39 is 0 Å². The summed E-state index contributed by atoms with van der Waals surface area (Å²) in [7, 11) is 0. The average molecular weight is 211 g/mol. The molecule has 76 valence electrons. The molecule has 0 unspecified atom stereocenters. The molecule has 0 spiro atoms. The zero-order valence-electron chi connectivity index (χ0n) is 8.55. The van der Waals surface area contributed by atoms with E-state index in [2.05, 4.69) is 30.1 Å². The van der Waals surface area contributed by atoms with Gasteiger partial charge in [0.2, 0.25) is 0 Å². The number of halogens is 1. The fraction of sp³-hybridized carbons (Fsp3) is 0.455. The maximum absolute atomic E-state index is 6.20. The number of hydrogen-bond acceptors (Lipinski definition) is 2. The molecule has 1 aromatic carbocycles. The molecule has 14 heavy (non-hydrogen) atoms. The molecular weight excluding hydrogens is 196 g/mol. The molecule has 0 radical (unpaired) electrons. The van der Waals surface area contributed by atoms with E-state index in [-0.39, 0.29) is 0 Å². The number of fused-ring (bicyclic) bond motifs is 1. The Labute approximate surface area is 89.9 Å². The first kappa shape index (κ1) is 9.66. The Hall–Kier alpha value is -0.890. The molecule has 0 aliphatic carbocycles. The highest BCUT2D eigenvalue weighted by Crippen LogP contribution is 2.36. The largest absolute Gasteiger partial charge is 0.382 e. The van der Waals surface area contributed by atoms with E-state index in [4.69, 9.17) is 11.6 Å². The van der Waals surface area contributed by atoms with Crippen LogP contribution in [0.2, 0.25) is 5.02 Å². The fourth-order valence-electron chi connectivity index (χ4n) is 1.89. The van der Waals surface area contributed by atoms with Crippen molar-refractivity contribution in [3.05, 3.63) is 23.2 Å². The summed E-state index contributed by atoms with van der Waals surface area (Å²) >= 11 is 6.20. The second-order valence-corrected chi connectivity index (χ2v) is 4.26. The molecule has 0 saturated carbocycles. The van der Waals surface area contributed by atoms with Crippen molar-refractivity contribution >= 4 is 23.0 Å². The van der Waals surface area contributed by atoms with Gasteiger partial charge in [-0.05, 0) is 26.0 Å². The van der Waals surface area contributed by atoms with Crippen LogP contribution in [0.1, 0.15) is 13.8 Å². The van der Waals surface area contributed by atoms with E-state index in [1.54, 1.807) is 0 Å². The molecule has 1 heterocycles. The van der Waals surface area contributed by atoms with Crippen molar-refractivity contribution < 1.29 is 0 Å². The lowest BCUT2D eigenvalue weighted by Gasteiger charge is -2.35. The molecular formula is C11H15ClN2. The van der Waals surface area contributed by atoms with Crippen molar-refractivity contribution in [3.8, 4) is 0 Å². The zero-order valence-corrected chi connectivity index (χ0v) is 9.30. The summed E-state index contributed by atoms with van der Waals surface area (Å²) in [5.41, 5.74) is 2.30. The summed E-state index contributed by atoms with van der Waals surface area (Å²) in [5, 5.41) is 4.20. The van der Waals surface area contributed by atoms with E-state index in [9.17, 15) is 0 Å². The Bertz CT molecular complexity index is 336. The summed E-state index contributed by atoms with van der Waals surface area (Å²) < 4.78 is 0. The summed E-state index contributed by atoms with van der Waals surface area (Å²) in [6, 6.07) is 6.51. The van der Waals surface area contributed by atoms with Gasteiger partial charge in [-0.3, -0.25) is 0 Å². The van der Waals surface area contributed by atoms with Gasteiger partial charge >= 0.3 is 0 Å². The molecule has 0 atom stereocenters. The fourth-order valence-corrected chi connectivity index (χ4v) is 2.17. The van der Waals surface area contributed by atoms with Crippen molar-refractivity contribution in [1.82, 2.24) is 0 Å². The van der Waals surface area contributed by atoms with Crippen LogP contribution < -0.4 is 10.2 Å². The molecule has 1 N–H and O–H groups in total. The molecule has 2 rings (SSSR count). The van der Waals surface area contributed by atoms with Gasteiger partial charge < -0.3 is 10.2 Å². The minimum absolute atomic E-state index is 0.496. The second-order valence-electron chi connectivity index (χ2n) is 3.85. The second kappa shape index (κ2) is 3.70. The molecule has 1 aliphatic rings. The first-order chi connectivity index (χ1) is 6.70. The van der Waals surface area contributed by atoms with Crippen molar-refractivity contribution in [2.24, 2.45) is 0 Å². The van der Waals surface area contributed by atoms with Gasteiger partial charge in [0.05, 0.1) is 16.4 Å². The standard InChI is InChI=1S/C11H15ClN2/c1-8(2)14-7-6-13-10-5-3-4-9(12)11(10)14/h3-5,8,13H,6-7H2,1-2H3. The number of para-hydroxylation sites is 1. The summed E-state index contributed by atoms with van der Waals surface area (Å²) in [6.45, 7) is 6.40. The van der Waals surface area contributed by atoms with E-state index in [1.807, 2.05) is 12.1 Å². The van der Waals surface area contributed by atoms with Gasteiger partial charge in [0.25, 0.3) is 0 Å². The highest BCUT2D eigenvalue weighted by Gasteiger charge is 2.20.